The number of fused-ring (bicyclic) bond motifs is 1. The van der Waals surface area contributed by atoms with Crippen LogP contribution in [0.15, 0.2) is 83.8 Å². The first-order chi connectivity index (χ1) is 14.4. The van der Waals surface area contributed by atoms with Crippen LogP contribution in [0.1, 0.15) is 41.4 Å². The fraction of sp³-hybridized carbons (Fsp3) is 0.208. The van der Waals surface area contributed by atoms with Crippen molar-refractivity contribution in [1.82, 2.24) is 4.72 Å². The van der Waals surface area contributed by atoms with Crippen molar-refractivity contribution >= 4 is 21.6 Å². The zero-order chi connectivity index (χ0) is 21.3. The number of hydrogen-bond acceptors (Lipinski definition) is 3. The molecule has 5 nitrogen and oxygen atoms in total. The summed E-state index contributed by atoms with van der Waals surface area (Å²) in [6.45, 7) is 3.80. The molecule has 1 aliphatic rings. The summed E-state index contributed by atoms with van der Waals surface area (Å²) in [5.41, 5.74) is 3.15. The molecule has 154 valence electrons. The minimum atomic E-state index is -3.69. The average Bonchev–Trinajstić information content (AvgIpc) is 3.09. The lowest BCUT2D eigenvalue weighted by atomic mass is 10.1. The SMILES string of the molecule is C[C@H](NS(=O)(=O)c1ccc2c(c1)C[C@@H](C)N2C(=O)c1ccccc1)c1ccccc1. The third-order valence-electron chi connectivity index (χ3n) is 5.45. The lowest BCUT2D eigenvalue weighted by molar-refractivity contribution is 0.0981. The number of anilines is 1. The summed E-state index contributed by atoms with van der Waals surface area (Å²) in [7, 11) is -3.69. The molecule has 30 heavy (non-hydrogen) atoms. The summed E-state index contributed by atoms with van der Waals surface area (Å²) < 4.78 is 28.6. The molecule has 0 saturated carbocycles. The molecule has 1 amide bonds. The van der Waals surface area contributed by atoms with Gasteiger partial charge in [-0.2, -0.15) is 0 Å². The van der Waals surface area contributed by atoms with Gasteiger partial charge in [0, 0.05) is 23.3 Å². The van der Waals surface area contributed by atoms with E-state index in [0.29, 0.717) is 12.0 Å². The Bertz CT molecular complexity index is 1160. The summed E-state index contributed by atoms with van der Waals surface area (Å²) in [6.07, 6.45) is 0.617. The van der Waals surface area contributed by atoms with Gasteiger partial charge in [0.15, 0.2) is 0 Å². The average molecular weight is 421 g/mol. The maximum absolute atomic E-state index is 13.0. The highest BCUT2D eigenvalue weighted by Gasteiger charge is 2.32. The van der Waals surface area contributed by atoms with Gasteiger partial charge in [-0.05, 0) is 61.7 Å². The molecule has 0 saturated heterocycles. The second-order valence-electron chi connectivity index (χ2n) is 7.64. The summed E-state index contributed by atoms with van der Waals surface area (Å²) in [5, 5.41) is 0. The second kappa shape index (κ2) is 8.05. The van der Waals surface area contributed by atoms with Crippen molar-refractivity contribution in [2.75, 3.05) is 4.90 Å². The van der Waals surface area contributed by atoms with Crippen molar-refractivity contribution in [2.24, 2.45) is 0 Å². The van der Waals surface area contributed by atoms with Crippen LogP contribution in [-0.4, -0.2) is 20.4 Å². The fourth-order valence-corrected chi connectivity index (χ4v) is 5.20. The van der Waals surface area contributed by atoms with E-state index in [1.165, 1.54) is 0 Å². The highest BCUT2D eigenvalue weighted by Crippen LogP contribution is 2.35. The van der Waals surface area contributed by atoms with E-state index in [-0.39, 0.29) is 22.9 Å². The van der Waals surface area contributed by atoms with E-state index in [4.69, 9.17) is 0 Å². The van der Waals surface area contributed by atoms with Gasteiger partial charge in [0.05, 0.1) is 4.90 Å². The van der Waals surface area contributed by atoms with E-state index in [1.807, 2.05) is 62.4 Å². The fourth-order valence-electron chi connectivity index (χ4n) is 3.91. The number of nitrogens with zero attached hydrogens (tertiary/aromatic N) is 1. The first kappa shape index (κ1) is 20.3. The lowest BCUT2D eigenvalue weighted by Gasteiger charge is -2.23. The Labute approximate surface area is 177 Å². The quantitative estimate of drug-likeness (QED) is 0.669. The number of nitrogens with one attached hydrogen (secondary N) is 1. The third kappa shape index (κ3) is 3.88. The van der Waals surface area contributed by atoms with Crippen LogP contribution in [0.5, 0.6) is 0 Å². The minimum absolute atomic E-state index is 0.0399. The van der Waals surface area contributed by atoms with Gasteiger partial charge in [-0.1, -0.05) is 48.5 Å². The van der Waals surface area contributed by atoms with Crippen molar-refractivity contribution in [1.29, 1.82) is 0 Å². The van der Waals surface area contributed by atoms with Gasteiger partial charge in [-0.15, -0.1) is 0 Å². The Morgan fingerprint density at radius 1 is 1.00 bits per heavy atom. The Morgan fingerprint density at radius 3 is 2.30 bits per heavy atom. The predicted molar refractivity (Wildman–Crippen MR) is 118 cm³/mol. The van der Waals surface area contributed by atoms with Gasteiger partial charge in [0.2, 0.25) is 10.0 Å². The number of carbonyl (C=O) groups excluding carboxylic acids is 1. The molecular formula is C24H24N2O3S. The van der Waals surface area contributed by atoms with Crippen LogP contribution in [0.25, 0.3) is 0 Å². The van der Waals surface area contributed by atoms with Crippen LogP contribution in [0.2, 0.25) is 0 Å². The zero-order valence-corrected chi connectivity index (χ0v) is 17.8. The Morgan fingerprint density at radius 2 is 1.63 bits per heavy atom. The number of hydrogen-bond donors (Lipinski definition) is 1. The third-order valence-corrected chi connectivity index (χ3v) is 6.99. The number of benzene rings is 3. The molecule has 3 aromatic rings. The van der Waals surface area contributed by atoms with Crippen molar-refractivity contribution in [3.8, 4) is 0 Å². The molecule has 1 aliphatic heterocycles. The van der Waals surface area contributed by atoms with Gasteiger partial charge in [-0.25, -0.2) is 13.1 Å². The molecule has 1 N–H and O–H groups in total. The molecule has 0 fully saturated rings. The summed E-state index contributed by atoms with van der Waals surface area (Å²) in [6, 6.07) is 23.2. The Hall–Kier alpha value is -2.96. The first-order valence-electron chi connectivity index (χ1n) is 9.95. The van der Waals surface area contributed by atoms with Crippen LogP contribution >= 0.6 is 0 Å². The Kier molecular flexibility index (Phi) is 5.45. The number of carbonyl (C=O) groups is 1. The number of sulfonamides is 1. The van der Waals surface area contributed by atoms with Crippen LogP contribution in [-0.2, 0) is 16.4 Å². The molecule has 0 bridgehead atoms. The molecular weight excluding hydrogens is 396 g/mol. The zero-order valence-electron chi connectivity index (χ0n) is 16.9. The molecule has 0 aliphatic carbocycles. The van der Waals surface area contributed by atoms with Crippen molar-refractivity contribution in [3.63, 3.8) is 0 Å². The largest absolute Gasteiger partial charge is 0.305 e. The summed E-state index contributed by atoms with van der Waals surface area (Å²) in [4.78, 5) is 15.0. The normalized spacial score (nSPS) is 16.9. The van der Waals surface area contributed by atoms with E-state index in [9.17, 15) is 13.2 Å². The smallest absolute Gasteiger partial charge is 0.258 e. The van der Waals surface area contributed by atoms with Crippen molar-refractivity contribution in [2.45, 2.75) is 37.2 Å². The molecule has 0 aromatic heterocycles. The number of amides is 1. The van der Waals surface area contributed by atoms with E-state index in [0.717, 1.165) is 16.8 Å². The summed E-state index contributed by atoms with van der Waals surface area (Å²) >= 11 is 0. The molecule has 0 radical (unpaired) electrons. The maximum Gasteiger partial charge on any atom is 0.258 e. The van der Waals surface area contributed by atoms with Crippen LogP contribution in [0, 0.1) is 0 Å². The van der Waals surface area contributed by atoms with Gasteiger partial charge in [0.1, 0.15) is 0 Å². The van der Waals surface area contributed by atoms with E-state index in [2.05, 4.69) is 4.72 Å². The molecule has 0 unspecified atom stereocenters. The van der Waals surface area contributed by atoms with Crippen LogP contribution < -0.4 is 9.62 Å². The monoisotopic (exact) mass is 420 g/mol. The van der Waals surface area contributed by atoms with E-state index < -0.39 is 10.0 Å². The molecule has 2 atom stereocenters. The van der Waals surface area contributed by atoms with E-state index >= 15 is 0 Å². The molecule has 4 rings (SSSR count). The predicted octanol–water partition coefficient (Wildman–Crippen LogP) is 4.32. The van der Waals surface area contributed by atoms with Gasteiger partial charge in [0.25, 0.3) is 5.91 Å². The minimum Gasteiger partial charge on any atom is -0.305 e. The molecule has 1 heterocycles. The number of rotatable bonds is 5. The standard InChI is InChI=1S/C24H24N2O3S/c1-17-15-21-16-22(30(28,29)25-18(2)19-9-5-3-6-10-19)13-14-23(21)26(17)24(27)20-11-7-4-8-12-20/h3-14,16-18,25H,15H2,1-2H3/t17-,18+/m1/s1. The molecule has 6 heteroatoms. The van der Waals surface area contributed by atoms with Crippen LogP contribution in [0.4, 0.5) is 5.69 Å². The van der Waals surface area contributed by atoms with Gasteiger partial charge >= 0.3 is 0 Å². The molecule has 0 spiro atoms. The molecule has 3 aromatic carbocycles. The van der Waals surface area contributed by atoms with Gasteiger partial charge in [-0.3, -0.25) is 4.79 Å². The summed E-state index contributed by atoms with van der Waals surface area (Å²) in [5.74, 6) is -0.0757. The van der Waals surface area contributed by atoms with Gasteiger partial charge < -0.3 is 4.90 Å². The maximum atomic E-state index is 13.0. The highest BCUT2D eigenvalue weighted by atomic mass is 32.2. The first-order valence-corrected chi connectivity index (χ1v) is 11.4. The van der Waals surface area contributed by atoms with Crippen LogP contribution in [0.3, 0.4) is 0 Å². The van der Waals surface area contributed by atoms with Crippen molar-refractivity contribution < 1.29 is 13.2 Å². The van der Waals surface area contributed by atoms with Crippen molar-refractivity contribution in [3.05, 3.63) is 95.6 Å². The lowest BCUT2D eigenvalue weighted by Crippen LogP contribution is -2.35. The van der Waals surface area contributed by atoms with E-state index in [1.54, 1.807) is 35.2 Å². The Balaban J connectivity index is 1.60. The topological polar surface area (TPSA) is 66.5 Å². The second-order valence-corrected chi connectivity index (χ2v) is 9.35. The highest BCUT2D eigenvalue weighted by molar-refractivity contribution is 7.89.